The Hall–Kier alpha value is -1.52. The molecule has 0 bridgehead atoms. The number of amides is 1. The number of ether oxygens (including phenoxy) is 1. The molecule has 1 unspecified atom stereocenters. The van der Waals surface area contributed by atoms with E-state index in [1.807, 2.05) is 13.0 Å². The molecule has 1 amide bonds. The van der Waals surface area contributed by atoms with Crippen LogP contribution in [0.3, 0.4) is 0 Å². The van der Waals surface area contributed by atoms with Crippen LogP contribution in [0.5, 0.6) is 5.75 Å². The number of para-hydroxylation sites is 1. The van der Waals surface area contributed by atoms with E-state index < -0.39 is 0 Å². The largest absolute Gasteiger partial charge is 0.489 e. The molecule has 106 valence electrons. The van der Waals surface area contributed by atoms with Crippen molar-refractivity contribution in [3.8, 4) is 5.75 Å². The summed E-state index contributed by atoms with van der Waals surface area (Å²) in [4.78, 5) is 12.0. The van der Waals surface area contributed by atoms with Crippen LogP contribution in [-0.2, 0) is 0 Å². The lowest BCUT2D eigenvalue weighted by Crippen LogP contribution is -2.29. The van der Waals surface area contributed by atoms with Crippen LogP contribution in [0, 0.1) is 0 Å². The summed E-state index contributed by atoms with van der Waals surface area (Å²) >= 11 is 0. The lowest BCUT2D eigenvalue weighted by atomic mass is 10.2. The molecule has 1 aromatic carbocycles. The molecule has 4 nitrogen and oxygen atoms in total. The first-order chi connectivity index (χ1) is 8.65. The first kappa shape index (κ1) is 17.5. The smallest absolute Gasteiger partial charge is 0.255 e. The van der Waals surface area contributed by atoms with E-state index in [0.717, 1.165) is 6.42 Å². The Balaban J connectivity index is 0.00000324. The fraction of sp³-hybridized carbons (Fsp3) is 0.357. The third-order valence-electron chi connectivity index (χ3n) is 2.37. The Labute approximate surface area is 120 Å². The highest BCUT2D eigenvalue weighted by molar-refractivity contribution is 5.96. The maximum Gasteiger partial charge on any atom is 0.255 e. The van der Waals surface area contributed by atoms with Crippen molar-refractivity contribution in [3.63, 3.8) is 0 Å². The summed E-state index contributed by atoms with van der Waals surface area (Å²) in [6.45, 7) is 6.43. The first-order valence-electron chi connectivity index (χ1n) is 6.01. The van der Waals surface area contributed by atoms with Crippen molar-refractivity contribution in [2.75, 3.05) is 13.2 Å². The fourth-order valence-corrected chi connectivity index (χ4v) is 1.44. The number of nitrogens with two attached hydrogens (primary N) is 1. The maximum atomic E-state index is 12.0. The molecule has 19 heavy (non-hydrogen) atoms. The molecule has 0 aliphatic carbocycles. The molecule has 1 rings (SSSR count). The van der Waals surface area contributed by atoms with Gasteiger partial charge in [0.2, 0.25) is 0 Å². The molecule has 0 heterocycles. The first-order valence-corrected chi connectivity index (χ1v) is 6.01. The van der Waals surface area contributed by atoms with Crippen LogP contribution in [0.4, 0.5) is 0 Å². The molecular weight excluding hydrogens is 264 g/mol. The second kappa shape index (κ2) is 9.42. The standard InChI is InChI=1S/C14H20N2O2.ClH/c1-3-10-18-13-7-5-4-6-12(13)14(17)16-9-8-11(2)15;/h3-7,11H,1,8-10,15H2,2H3,(H,16,17);1H. The zero-order valence-corrected chi connectivity index (χ0v) is 11.9. The van der Waals surface area contributed by atoms with Gasteiger partial charge in [0.15, 0.2) is 0 Å². The normalized spacial score (nSPS) is 11.1. The Morgan fingerprint density at radius 2 is 2.21 bits per heavy atom. The molecule has 1 aromatic rings. The summed E-state index contributed by atoms with van der Waals surface area (Å²) in [6, 6.07) is 7.22. The van der Waals surface area contributed by atoms with Gasteiger partial charge in [0.1, 0.15) is 12.4 Å². The monoisotopic (exact) mass is 284 g/mol. The number of halogens is 1. The van der Waals surface area contributed by atoms with Gasteiger partial charge < -0.3 is 15.8 Å². The summed E-state index contributed by atoms with van der Waals surface area (Å²) in [5.41, 5.74) is 6.16. The van der Waals surface area contributed by atoms with Crippen molar-refractivity contribution < 1.29 is 9.53 Å². The Morgan fingerprint density at radius 1 is 1.53 bits per heavy atom. The molecule has 0 aromatic heterocycles. The summed E-state index contributed by atoms with van der Waals surface area (Å²) in [5.74, 6) is 0.422. The van der Waals surface area contributed by atoms with Crippen molar-refractivity contribution in [1.29, 1.82) is 0 Å². The molecule has 1 atom stereocenters. The van der Waals surface area contributed by atoms with Crippen LogP contribution in [0.1, 0.15) is 23.7 Å². The zero-order chi connectivity index (χ0) is 13.4. The number of rotatable bonds is 7. The number of hydrogen-bond donors (Lipinski definition) is 2. The molecule has 0 radical (unpaired) electrons. The topological polar surface area (TPSA) is 64.3 Å². The third kappa shape index (κ3) is 6.27. The zero-order valence-electron chi connectivity index (χ0n) is 11.1. The van der Waals surface area contributed by atoms with Gasteiger partial charge in [-0.25, -0.2) is 0 Å². The number of hydrogen-bond acceptors (Lipinski definition) is 3. The van der Waals surface area contributed by atoms with Crippen LogP contribution < -0.4 is 15.8 Å². The van der Waals surface area contributed by atoms with Gasteiger partial charge in [-0.3, -0.25) is 4.79 Å². The van der Waals surface area contributed by atoms with Crippen molar-refractivity contribution in [2.45, 2.75) is 19.4 Å². The van der Waals surface area contributed by atoms with Gasteiger partial charge in [-0.15, -0.1) is 12.4 Å². The van der Waals surface area contributed by atoms with Crippen LogP contribution in [0.25, 0.3) is 0 Å². The van der Waals surface area contributed by atoms with Crippen LogP contribution in [0.15, 0.2) is 36.9 Å². The van der Waals surface area contributed by atoms with E-state index >= 15 is 0 Å². The van der Waals surface area contributed by atoms with E-state index in [1.165, 1.54) is 0 Å². The molecule has 0 saturated heterocycles. The second-order valence-electron chi connectivity index (χ2n) is 4.12. The minimum absolute atomic E-state index is 0. The van der Waals surface area contributed by atoms with Crippen molar-refractivity contribution >= 4 is 18.3 Å². The summed E-state index contributed by atoms with van der Waals surface area (Å²) in [6.07, 6.45) is 2.40. The van der Waals surface area contributed by atoms with E-state index in [1.54, 1.807) is 24.3 Å². The van der Waals surface area contributed by atoms with Crippen LogP contribution in [-0.4, -0.2) is 25.1 Å². The maximum absolute atomic E-state index is 12.0. The molecule has 0 aliphatic rings. The van der Waals surface area contributed by atoms with E-state index in [2.05, 4.69) is 11.9 Å². The highest BCUT2D eigenvalue weighted by Gasteiger charge is 2.11. The van der Waals surface area contributed by atoms with Crippen molar-refractivity contribution in [2.24, 2.45) is 5.73 Å². The number of benzene rings is 1. The van der Waals surface area contributed by atoms with Gasteiger partial charge in [0.25, 0.3) is 5.91 Å². The molecule has 0 spiro atoms. The number of carbonyl (C=O) groups is 1. The van der Waals surface area contributed by atoms with Crippen molar-refractivity contribution in [3.05, 3.63) is 42.5 Å². The van der Waals surface area contributed by atoms with E-state index in [4.69, 9.17) is 10.5 Å². The Kier molecular flexibility index (Phi) is 8.66. The van der Waals surface area contributed by atoms with Gasteiger partial charge in [-0.1, -0.05) is 24.8 Å². The highest BCUT2D eigenvalue weighted by Crippen LogP contribution is 2.17. The SMILES string of the molecule is C=CCOc1ccccc1C(=O)NCCC(C)N.Cl. The van der Waals surface area contributed by atoms with E-state index in [9.17, 15) is 4.79 Å². The number of carbonyl (C=O) groups excluding carboxylic acids is 1. The minimum Gasteiger partial charge on any atom is -0.489 e. The van der Waals surface area contributed by atoms with E-state index in [0.29, 0.717) is 24.5 Å². The molecule has 5 heteroatoms. The third-order valence-corrected chi connectivity index (χ3v) is 2.37. The molecule has 0 saturated carbocycles. The van der Waals surface area contributed by atoms with Gasteiger partial charge in [-0.2, -0.15) is 0 Å². The second-order valence-corrected chi connectivity index (χ2v) is 4.12. The van der Waals surface area contributed by atoms with Crippen LogP contribution >= 0.6 is 12.4 Å². The summed E-state index contributed by atoms with van der Waals surface area (Å²) in [7, 11) is 0. The molecule has 0 aliphatic heterocycles. The van der Waals surface area contributed by atoms with Crippen LogP contribution in [0.2, 0.25) is 0 Å². The predicted molar refractivity (Wildman–Crippen MR) is 80.0 cm³/mol. The Morgan fingerprint density at radius 3 is 2.84 bits per heavy atom. The quantitative estimate of drug-likeness (QED) is 0.754. The highest BCUT2D eigenvalue weighted by atomic mass is 35.5. The average Bonchev–Trinajstić information content (AvgIpc) is 2.36. The summed E-state index contributed by atoms with van der Waals surface area (Å²) in [5, 5.41) is 2.82. The molecular formula is C14H21ClN2O2. The van der Waals surface area contributed by atoms with Gasteiger partial charge in [0, 0.05) is 12.6 Å². The fourth-order valence-electron chi connectivity index (χ4n) is 1.44. The number of nitrogens with one attached hydrogen (secondary N) is 1. The predicted octanol–water partition coefficient (Wildman–Crippen LogP) is 2.14. The molecule has 0 fully saturated rings. The average molecular weight is 285 g/mol. The van der Waals surface area contributed by atoms with Gasteiger partial charge in [0.05, 0.1) is 5.56 Å². The van der Waals surface area contributed by atoms with Gasteiger partial charge in [-0.05, 0) is 25.5 Å². The Bertz CT molecular complexity index is 408. The lowest BCUT2D eigenvalue weighted by molar-refractivity contribution is 0.0949. The molecule has 3 N–H and O–H groups in total. The van der Waals surface area contributed by atoms with E-state index in [-0.39, 0.29) is 24.4 Å². The van der Waals surface area contributed by atoms with Gasteiger partial charge >= 0.3 is 0 Å². The summed E-state index contributed by atoms with van der Waals surface area (Å²) < 4.78 is 5.43. The lowest BCUT2D eigenvalue weighted by Gasteiger charge is -2.11. The minimum atomic E-state index is -0.143. The van der Waals surface area contributed by atoms with Crippen molar-refractivity contribution in [1.82, 2.24) is 5.32 Å².